The molecule has 3 atom stereocenters. The normalized spacial score (nSPS) is 18.2. The predicted molar refractivity (Wildman–Crippen MR) is 192 cm³/mol. The van der Waals surface area contributed by atoms with Gasteiger partial charge in [0.05, 0.1) is 0 Å². The van der Waals surface area contributed by atoms with Crippen molar-refractivity contribution in [3.63, 3.8) is 0 Å². The van der Waals surface area contributed by atoms with Crippen molar-refractivity contribution in [1.82, 2.24) is 0 Å². The van der Waals surface area contributed by atoms with Crippen LogP contribution in [-0.2, 0) is 18.3 Å². The third kappa shape index (κ3) is 8.26. The number of hydrogen-bond donors (Lipinski definition) is 1. The van der Waals surface area contributed by atoms with Gasteiger partial charge in [0, 0.05) is 0 Å². The molecule has 0 radical (unpaired) electrons. The molecule has 1 aliphatic carbocycles. The lowest BCUT2D eigenvalue weighted by molar-refractivity contribution is -0.145. The van der Waals surface area contributed by atoms with E-state index in [0.29, 0.717) is 0 Å². The summed E-state index contributed by atoms with van der Waals surface area (Å²) in [5.74, 6) is -1.50. The van der Waals surface area contributed by atoms with Gasteiger partial charge in [0.15, 0.2) is 6.10 Å². The molecule has 4 rings (SSSR count). The summed E-state index contributed by atoms with van der Waals surface area (Å²) in [5, 5.41) is 11.9. The van der Waals surface area contributed by atoms with E-state index in [0.717, 1.165) is 39.9 Å². The number of hydrogen-bond acceptors (Lipinski definition) is 4. The first-order valence-corrected chi connectivity index (χ1v) is 19.4. The Morgan fingerprint density at radius 1 is 0.957 bits per heavy atom. The molecule has 0 bridgehead atoms. The molecule has 3 aromatic carbocycles. The van der Waals surface area contributed by atoms with Crippen LogP contribution in [0, 0.1) is 16.6 Å². The average molecular weight is 676 g/mol. The van der Waals surface area contributed by atoms with E-state index < -0.39 is 39.1 Å². The lowest BCUT2D eigenvalue weighted by atomic mass is 9.63. The maximum atomic E-state index is 13.9. The highest BCUT2D eigenvalue weighted by molar-refractivity contribution is 7.40. The highest BCUT2D eigenvalue weighted by atomic mass is 31.1. The summed E-state index contributed by atoms with van der Waals surface area (Å²) in [7, 11) is -5.71. The Labute approximate surface area is 281 Å². The first kappa shape index (κ1) is 36.6. The molecule has 1 N–H and O–H groups in total. The number of allylic oxidation sites excluding steroid dienone is 3. The summed E-state index contributed by atoms with van der Waals surface area (Å²) in [5.41, 5.74) is 1.92. The van der Waals surface area contributed by atoms with Gasteiger partial charge < -0.3 is 9.53 Å². The van der Waals surface area contributed by atoms with E-state index in [1.165, 1.54) is 12.1 Å². The first-order chi connectivity index (χ1) is 22.0. The monoisotopic (exact) mass is 675 g/mol. The fourth-order valence-corrected chi connectivity index (χ4v) is 12.8. The highest BCUT2D eigenvalue weighted by Crippen LogP contribution is 2.50. The molecule has 3 aromatic rings. The lowest BCUT2D eigenvalue weighted by Gasteiger charge is -2.44. The van der Waals surface area contributed by atoms with E-state index in [4.69, 9.17) is 8.95 Å². The number of halogens is 1. The van der Waals surface area contributed by atoms with Crippen LogP contribution < -0.4 is 10.4 Å². The second-order valence-electron chi connectivity index (χ2n) is 15.0. The second-order valence-corrected chi connectivity index (χ2v) is 20.9. The number of carboxylic acid groups (broad SMARTS) is 1. The summed E-state index contributed by atoms with van der Waals surface area (Å²) < 4.78 is 40.5. The van der Waals surface area contributed by atoms with Gasteiger partial charge in [-0.25, -0.2) is 9.18 Å². The van der Waals surface area contributed by atoms with Crippen molar-refractivity contribution < 1.29 is 27.8 Å². The Morgan fingerprint density at radius 2 is 1.49 bits per heavy atom. The summed E-state index contributed by atoms with van der Waals surface area (Å²) >= 11 is 0. The van der Waals surface area contributed by atoms with Gasteiger partial charge in [0.2, 0.25) is 5.66 Å². The standard InChI is InChI=1S/C39H48FO5PSi/c1-28(35(36(41)42)45-47(37(2,3)4,31-15-11-9-12-16-31)32-17-13-10-14-18-32)46(43)44-26-24-33(29-19-21-30(40)22-20-29)34-23-25-38(5,6)27-39(34,7)8/h9-24,28,35H,25-27H2,1-8H3/p+1. The van der Waals surface area contributed by atoms with Crippen LogP contribution in [-0.4, -0.2) is 37.8 Å². The molecule has 8 heteroatoms. The van der Waals surface area contributed by atoms with Crippen molar-refractivity contribution in [3.8, 4) is 0 Å². The average Bonchev–Trinajstić information content (AvgIpc) is 3.00. The second kappa shape index (κ2) is 14.5. The quantitative estimate of drug-likeness (QED) is 0.153. The molecule has 0 fully saturated rings. The van der Waals surface area contributed by atoms with Gasteiger partial charge in [-0.15, -0.1) is 4.52 Å². The van der Waals surface area contributed by atoms with E-state index in [2.05, 4.69) is 54.5 Å². The zero-order valence-corrected chi connectivity index (χ0v) is 30.8. The van der Waals surface area contributed by atoms with E-state index in [1.54, 1.807) is 19.1 Å². The topological polar surface area (TPSA) is 72.8 Å². The summed E-state index contributed by atoms with van der Waals surface area (Å²) in [6.45, 7) is 16.8. The molecular weight excluding hydrogens is 626 g/mol. The molecule has 0 spiro atoms. The van der Waals surface area contributed by atoms with Crippen LogP contribution in [0.2, 0.25) is 5.04 Å². The summed E-state index contributed by atoms with van der Waals surface area (Å²) in [6, 6.07) is 26.0. The minimum Gasteiger partial charge on any atom is -0.479 e. The van der Waals surface area contributed by atoms with Crippen LogP contribution in [0.15, 0.2) is 103 Å². The molecule has 0 saturated carbocycles. The molecular formula is C39H49FO5PSi+. The zero-order valence-electron chi connectivity index (χ0n) is 28.9. The molecule has 0 saturated heterocycles. The van der Waals surface area contributed by atoms with E-state index in [9.17, 15) is 18.9 Å². The molecule has 47 heavy (non-hydrogen) atoms. The Kier molecular flexibility index (Phi) is 11.3. The van der Waals surface area contributed by atoms with Gasteiger partial charge in [-0.2, -0.15) is 0 Å². The van der Waals surface area contributed by atoms with Crippen molar-refractivity contribution in [2.45, 2.75) is 85.0 Å². The first-order valence-electron chi connectivity index (χ1n) is 16.3. The van der Waals surface area contributed by atoms with Crippen molar-refractivity contribution in [2.75, 3.05) is 6.61 Å². The minimum atomic E-state index is -3.25. The predicted octanol–water partition coefficient (Wildman–Crippen LogP) is 9.16. The van der Waals surface area contributed by atoms with Crippen LogP contribution in [0.4, 0.5) is 4.39 Å². The SMILES string of the molecule is CC(C(O[Si](c1ccccc1)(c1ccccc1)C(C)(C)C)C(=O)O)[P+](=O)OCC=C(C1=CCC(C)(C)CC1(C)C)c1ccc(F)cc1. The van der Waals surface area contributed by atoms with Crippen LogP contribution in [0.3, 0.4) is 0 Å². The van der Waals surface area contributed by atoms with Crippen molar-refractivity contribution >= 4 is 38.3 Å². The van der Waals surface area contributed by atoms with Gasteiger partial charge >= 0.3 is 14.0 Å². The zero-order chi connectivity index (χ0) is 34.6. The van der Waals surface area contributed by atoms with Gasteiger partial charge in [-0.1, -0.05) is 127 Å². The minimum absolute atomic E-state index is 0.00534. The van der Waals surface area contributed by atoms with Crippen molar-refractivity contribution in [2.24, 2.45) is 10.8 Å². The van der Waals surface area contributed by atoms with Gasteiger partial charge in [-0.05, 0) is 85.5 Å². The molecule has 3 unspecified atom stereocenters. The van der Waals surface area contributed by atoms with E-state index in [-0.39, 0.29) is 23.3 Å². The Bertz CT molecular complexity index is 1570. The Balaban J connectivity index is 1.66. The molecule has 0 aliphatic heterocycles. The fraction of sp³-hybridized carbons (Fsp3) is 0.410. The van der Waals surface area contributed by atoms with Crippen molar-refractivity contribution in [1.29, 1.82) is 0 Å². The van der Waals surface area contributed by atoms with Gasteiger partial charge in [-0.3, -0.25) is 0 Å². The molecule has 0 aromatic heterocycles. The fourth-order valence-electron chi connectivity index (χ4n) is 7.16. The van der Waals surface area contributed by atoms with E-state index in [1.807, 2.05) is 66.7 Å². The maximum absolute atomic E-state index is 13.9. The lowest BCUT2D eigenvalue weighted by Crippen LogP contribution is -2.69. The number of rotatable bonds is 12. The highest BCUT2D eigenvalue weighted by Gasteiger charge is 2.55. The molecule has 1 aliphatic rings. The number of carboxylic acids is 1. The van der Waals surface area contributed by atoms with Crippen molar-refractivity contribution in [3.05, 3.63) is 114 Å². The van der Waals surface area contributed by atoms with Crippen LogP contribution >= 0.6 is 8.03 Å². The van der Waals surface area contributed by atoms with E-state index >= 15 is 0 Å². The maximum Gasteiger partial charge on any atom is 0.514 e. The smallest absolute Gasteiger partial charge is 0.479 e. The Hall–Kier alpha value is -3.22. The number of aliphatic carboxylic acids is 1. The summed E-state index contributed by atoms with van der Waals surface area (Å²) in [6.07, 6.45) is 4.62. The van der Waals surface area contributed by atoms with Crippen LogP contribution in [0.25, 0.3) is 5.57 Å². The van der Waals surface area contributed by atoms with Gasteiger partial charge in [0.25, 0.3) is 8.32 Å². The third-order valence-corrected chi connectivity index (χ3v) is 15.5. The molecule has 0 heterocycles. The summed E-state index contributed by atoms with van der Waals surface area (Å²) in [4.78, 5) is 12.9. The van der Waals surface area contributed by atoms with Crippen LogP contribution in [0.5, 0.6) is 0 Å². The third-order valence-electron chi connectivity index (χ3n) is 9.18. The molecule has 5 nitrogen and oxygen atoms in total. The molecule has 0 amide bonds. The Morgan fingerprint density at radius 3 is 1.96 bits per heavy atom. The molecule has 250 valence electrons. The largest absolute Gasteiger partial charge is 0.514 e. The number of benzene rings is 3. The van der Waals surface area contributed by atoms with Gasteiger partial charge in [0.1, 0.15) is 12.4 Å². The van der Waals surface area contributed by atoms with Crippen LogP contribution in [0.1, 0.15) is 73.8 Å². The number of carbonyl (C=O) groups is 1.